The number of aliphatic imine (C=N–C) groups is 1. The van der Waals surface area contributed by atoms with Crippen LogP contribution in [0, 0.1) is 0 Å². The zero-order valence-electron chi connectivity index (χ0n) is 14.6. The number of piperidine rings is 1. The number of likely N-dealkylation sites (tertiary alicyclic amines) is 1. The molecule has 0 spiro atoms. The second-order valence-electron chi connectivity index (χ2n) is 5.58. The quantitative estimate of drug-likeness (QED) is 0.352. The molecule has 7 nitrogen and oxygen atoms in total. The molecule has 0 bridgehead atoms. The molecule has 0 amide bonds. The lowest BCUT2D eigenvalue weighted by Gasteiger charge is -2.34. The molecule has 2 heterocycles. The molecule has 3 N–H and O–H groups in total. The summed E-state index contributed by atoms with van der Waals surface area (Å²) in [6.07, 6.45) is 2.32. The number of nitrogens with one attached hydrogen (secondary N) is 1. The van der Waals surface area contributed by atoms with E-state index in [2.05, 4.69) is 15.2 Å². The molecular weight excluding hydrogens is 475 g/mol. The van der Waals surface area contributed by atoms with Crippen LogP contribution in [0.5, 0.6) is 0 Å². The number of nitrogens with zero attached hydrogens (tertiary/aromatic N) is 2. The van der Waals surface area contributed by atoms with Crippen LogP contribution in [0.15, 0.2) is 21.3 Å². The molecule has 0 aromatic carbocycles. The Hall–Kier alpha value is -0.430. The third kappa shape index (κ3) is 7.00. The Labute approximate surface area is 171 Å². The van der Waals surface area contributed by atoms with Crippen molar-refractivity contribution in [2.24, 2.45) is 10.1 Å². The van der Waals surface area contributed by atoms with E-state index in [9.17, 15) is 8.42 Å². The number of guanidine groups is 1. The van der Waals surface area contributed by atoms with Crippen molar-refractivity contribution in [1.29, 1.82) is 0 Å². The van der Waals surface area contributed by atoms with Gasteiger partial charge < -0.3 is 15.0 Å². The third-order valence-corrected chi connectivity index (χ3v) is 6.29. The van der Waals surface area contributed by atoms with E-state index in [1.54, 1.807) is 6.07 Å². The van der Waals surface area contributed by atoms with Gasteiger partial charge in [-0.3, -0.25) is 0 Å². The normalized spacial score (nSPS) is 16.6. The Bertz CT molecular complexity index is 655. The highest BCUT2D eigenvalue weighted by Gasteiger charge is 2.21. The molecule has 2 rings (SSSR count). The van der Waals surface area contributed by atoms with Crippen LogP contribution in [0.4, 0.5) is 0 Å². The molecule has 10 heteroatoms. The largest absolute Gasteiger partial charge is 0.378 e. The summed E-state index contributed by atoms with van der Waals surface area (Å²) in [5.74, 6) is 0.859. The number of nitrogens with two attached hydrogens (primary N) is 1. The molecule has 1 aliphatic rings. The standard InChI is InChI=1S/C15H26N4O3S2.HI/c1-3-17-15(19-9-7-12(8-10-19)22-4-2)18-11-13-5-6-14(23-13)24(16,20)21;/h5-6,12H,3-4,7-11H2,1-2H3,(H,17,18)(H2,16,20,21);1H. The number of ether oxygens (including phenoxy) is 1. The number of primary sulfonamides is 1. The second kappa shape index (κ2) is 10.7. The maximum absolute atomic E-state index is 11.3. The highest BCUT2D eigenvalue weighted by Crippen LogP contribution is 2.21. The minimum absolute atomic E-state index is 0. The van der Waals surface area contributed by atoms with E-state index in [0.29, 0.717) is 12.6 Å². The number of hydrogen-bond acceptors (Lipinski definition) is 5. The molecular formula is C15H27IN4O3S2. The Morgan fingerprint density at radius 1 is 1.40 bits per heavy atom. The number of rotatable bonds is 6. The van der Waals surface area contributed by atoms with Crippen molar-refractivity contribution in [2.45, 2.75) is 43.5 Å². The summed E-state index contributed by atoms with van der Waals surface area (Å²) in [6.45, 7) is 7.85. The molecule has 0 atom stereocenters. The number of hydrogen-bond donors (Lipinski definition) is 2. The van der Waals surface area contributed by atoms with Gasteiger partial charge in [0.05, 0.1) is 12.6 Å². The Balaban J connectivity index is 0.00000312. The minimum Gasteiger partial charge on any atom is -0.378 e. The van der Waals surface area contributed by atoms with Crippen LogP contribution in [-0.2, 0) is 21.3 Å². The average molecular weight is 502 g/mol. The van der Waals surface area contributed by atoms with Crippen molar-refractivity contribution in [1.82, 2.24) is 10.2 Å². The van der Waals surface area contributed by atoms with Gasteiger partial charge in [-0.15, -0.1) is 35.3 Å². The van der Waals surface area contributed by atoms with Crippen LogP contribution in [0.1, 0.15) is 31.6 Å². The first-order valence-electron chi connectivity index (χ1n) is 8.20. The van der Waals surface area contributed by atoms with Crippen LogP contribution in [-0.4, -0.2) is 51.6 Å². The Morgan fingerprint density at radius 2 is 2.08 bits per heavy atom. The van der Waals surface area contributed by atoms with E-state index in [4.69, 9.17) is 9.88 Å². The zero-order valence-corrected chi connectivity index (χ0v) is 18.6. The van der Waals surface area contributed by atoms with Crippen molar-refractivity contribution in [3.8, 4) is 0 Å². The summed E-state index contributed by atoms with van der Waals surface area (Å²) in [6, 6.07) is 3.30. The SMILES string of the molecule is CCNC(=NCc1ccc(S(N)(=O)=O)s1)N1CCC(OCC)CC1.I. The summed E-state index contributed by atoms with van der Waals surface area (Å²) in [4.78, 5) is 7.74. The maximum atomic E-state index is 11.3. The minimum atomic E-state index is -3.63. The van der Waals surface area contributed by atoms with Gasteiger partial charge in [-0.25, -0.2) is 18.5 Å². The number of halogens is 1. The maximum Gasteiger partial charge on any atom is 0.247 e. The highest BCUT2D eigenvalue weighted by atomic mass is 127. The lowest BCUT2D eigenvalue weighted by Crippen LogP contribution is -2.47. The van der Waals surface area contributed by atoms with Crippen LogP contribution < -0.4 is 10.5 Å². The molecule has 0 saturated carbocycles. The summed E-state index contributed by atoms with van der Waals surface area (Å²) in [5, 5.41) is 8.45. The molecule has 1 aliphatic heterocycles. The van der Waals surface area contributed by atoms with Gasteiger partial charge in [-0.2, -0.15) is 0 Å². The Morgan fingerprint density at radius 3 is 2.60 bits per heavy atom. The lowest BCUT2D eigenvalue weighted by atomic mass is 10.1. The summed E-state index contributed by atoms with van der Waals surface area (Å²) < 4.78 is 28.5. The molecule has 1 aromatic rings. The van der Waals surface area contributed by atoms with Crippen LogP contribution in [0.3, 0.4) is 0 Å². The molecule has 1 fully saturated rings. The predicted octanol–water partition coefficient (Wildman–Crippen LogP) is 1.98. The third-order valence-electron chi connectivity index (χ3n) is 3.78. The molecule has 0 aliphatic carbocycles. The molecule has 0 unspecified atom stereocenters. The number of sulfonamides is 1. The zero-order chi connectivity index (χ0) is 17.6. The fourth-order valence-corrected chi connectivity index (χ4v) is 4.35. The Kier molecular flexibility index (Phi) is 9.64. The van der Waals surface area contributed by atoms with Gasteiger partial charge in [0.1, 0.15) is 4.21 Å². The summed E-state index contributed by atoms with van der Waals surface area (Å²) >= 11 is 1.17. The van der Waals surface area contributed by atoms with E-state index >= 15 is 0 Å². The van der Waals surface area contributed by atoms with Gasteiger partial charge in [0.15, 0.2) is 5.96 Å². The molecule has 1 saturated heterocycles. The van der Waals surface area contributed by atoms with Gasteiger partial charge >= 0.3 is 0 Å². The molecule has 144 valence electrons. The van der Waals surface area contributed by atoms with Crippen molar-refractivity contribution in [3.63, 3.8) is 0 Å². The van der Waals surface area contributed by atoms with Crippen molar-refractivity contribution < 1.29 is 13.2 Å². The van der Waals surface area contributed by atoms with Gasteiger partial charge in [0.2, 0.25) is 10.0 Å². The fraction of sp³-hybridized carbons (Fsp3) is 0.667. The molecule has 1 aromatic heterocycles. The first-order valence-corrected chi connectivity index (χ1v) is 10.6. The smallest absolute Gasteiger partial charge is 0.247 e. The summed E-state index contributed by atoms with van der Waals surface area (Å²) in [7, 11) is -3.63. The van der Waals surface area contributed by atoms with Crippen molar-refractivity contribution >= 4 is 51.3 Å². The summed E-state index contributed by atoms with van der Waals surface area (Å²) in [5.41, 5.74) is 0. The van der Waals surface area contributed by atoms with Crippen molar-refractivity contribution in [3.05, 3.63) is 17.0 Å². The van der Waals surface area contributed by atoms with E-state index in [1.807, 2.05) is 13.8 Å². The van der Waals surface area contributed by atoms with Gasteiger partial charge in [-0.1, -0.05) is 0 Å². The topological polar surface area (TPSA) is 97.0 Å². The van der Waals surface area contributed by atoms with Gasteiger partial charge in [0.25, 0.3) is 0 Å². The first-order chi connectivity index (χ1) is 11.4. The van der Waals surface area contributed by atoms with Gasteiger partial charge in [-0.05, 0) is 38.8 Å². The van der Waals surface area contributed by atoms with Crippen LogP contribution in [0.2, 0.25) is 0 Å². The number of thiophene rings is 1. The molecule has 25 heavy (non-hydrogen) atoms. The average Bonchev–Trinajstić information content (AvgIpc) is 3.02. The monoisotopic (exact) mass is 502 g/mol. The van der Waals surface area contributed by atoms with Crippen molar-refractivity contribution in [2.75, 3.05) is 26.2 Å². The van der Waals surface area contributed by atoms with Gasteiger partial charge in [0, 0.05) is 31.1 Å². The van der Waals surface area contributed by atoms with E-state index < -0.39 is 10.0 Å². The first kappa shape index (κ1) is 22.6. The lowest BCUT2D eigenvalue weighted by molar-refractivity contribution is 0.0263. The predicted molar refractivity (Wildman–Crippen MR) is 112 cm³/mol. The van der Waals surface area contributed by atoms with Crippen LogP contribution in [0.25, 0.3) is 0 Å². The highest BCUT2D eigenvalue weighted by molar-refractivity contribution is 14.0. The van der Waals surface area contributed by atoms with E-state index in [1.165, 1.54) is 17.4 Å². The van der Waals surface area contributed by atoms with Crippen LogP contribution >= 0.6 is 35.3 Å². The molecule has 0 radical (unpaired) electrons. The fourth-order valence-electron chi connectivity index (χ4n) is 2.64. The second-order valence-corrected chi connectivity index (χ2v) is 8.53. The van der Waals surface area contributed by atoms with E-state index in [0.717, 1.165) is 49.9 Å². The van der Waals surface area contributed by atoms with E-state index in [-0.39, 0.29) is 28.2 Å².